The second-order valence-corrected chi connectivity index (χ2v) is 5.39. The summed E-state index contributed by atoms with van der Waals surface area (Å²) in [5.41, 5.74) is 0.232. The van der Waals surface area contributed by atoms with E-state index in [2.05, 4.69) is 10.2 Å². The fraction of sp³-hybridized carbons (Fsp3) is 0.500. The van der Waals surface area contributed by atoms with Crippen molar-refractivity contribution in [2.75, 3.05) is 32.7 Å². The lowest BCUT2D eigenvalue weighted by Crippen LogP contribution is -2.49. The summed E-state index contributed by atoms with van der Waals surface area (Å²) in [4.78, 5) is 26.5. The lowest BCUT2D eigenvalue weighted by Gasteiger charge is -2.34. The van der Waals surface area contributed by atoms with Crippen LogP contribution in [0, 0.1) is 0 Å². The molecule has 1 aliphatic heterocycles. The largest absolute Gasteiger partial charge is 0.481 e. The molecule has 0 atom stereocenters. The van der Waals surface area contributed by atoms with Crippen molar-refractivity contribution in [3.63, 3.8) is 0 Å². The minimum absolute atomic E-state index is 0.0257. The Morgan fingerprint density at radius 1 is 1.19 bits per heavy atom. The maximum atomic E-state index is 12.3. The molecule has 1 aromatic rings. The minimum atomic E-state index is -0.821. The Labute approximate surface area is 131 Å². The average molecular weight is 333 g/mol. The zero-order chi connectivity index (χ0) is 15.4. The first kappa shape index (κ1) is 15.9. The van der Waals surface area contributed by atoms with Gasteiger partial charge in [-0.25, -0.2) is 0 Å². The predicted molar refractivity (Wildman–Crippen MR) is 76.6 cm³/mol. The van der Waals surface area contributed by atoms with Crippen molar-refractivity contribution in [1.29, 1.82) is 0 Å². The van der Waals surface area contributed by atoms with Gasteiger partial charge >= 0.3 is 5.97 Å². The predicted octanol–water partition coefficient (Wildman–Crippen LogP) is 1.02. The van der Waals surface area contributed by atoms with Gasteiger partial charge in [-0.3, -0.25) is 14.5 Å². The summed E-state index contributed by atoms with van der Waals surface area (Å²) in [6, 6.07) is 1.40. The Morgan fingerprint density at radius 3 is 2.48 bits per heavy atom. The fourth-order valence-corrected chi connectivity index (χ4v) is 2.42. The van der Waals surface area contributed by atoms with E-state index in [-0.39, 0.29) is 28.2 Å². The zero-order valence-electron chi connectivity index (χ0n) is 11.1. The molecular formula is C12H14Cl2N4O3. The summed E-state index contributed by atoms with van der Waals surface area (Å²) < 4.78 is 0. The molecule has 9 heteroatoms. The number of carbonyl (C=O) groups excluding carboxylic acids is 1. The second kappa shape index (κ2) is 7.02. The van der Waals surface area contributed by atoms with Gasteiger partial charge in [0.1, 0.15) is 0 Å². The number of nitrogens with zero attached hydrogens (tertiary/aromatic N) is 4. The molecule has 0 saturated carbocycles. The lowest BCUT2D eigenvalue weighted by molar-refractivity contribution is -0.137. The molecule has 1 amide bonds. The summed E-state index contributed by atoms with van der Waals surface area (Å²) in [6.07, 6.45) is 0.101. The lowest BCUT2D eigenvalue weighted by atomic mass is 10.2. The van der Waals surface area contributed by atoms with Crippen molar-refractivity contribution < 1.29 is 14.7 Å². The second-order valence-electron chi connectivity index (χ2n) is 4.65. The van der Waals surface area contributed by atoms with Crippen LogP contribution >= 0.6 is 23.2 Å². The van der Waals surface area contributed by atoms with Gasteiger partial charge in [0.2, 0.25) is 0 Å². The number of halogens is 2. The van der Waals surface area contributed by atoms with Gasteiger partial charge in [0, 0.05) is 32.7 Å². The fourth-order valence-electron chi connectivity index (χ4n) is 2.10. The smallest absolute Gasteiger partial charge is 0.304 e. The molecule has 114 valence electrons. The van der Waals surface area contributed by atoms with Gasteiger partial charge in [0.25, 0.3) is 5.91 Å². The number of hydrogen-bond donors (Lipinski definition) is 1. The normalized spacial score (nSPS) is 16.0. The first-order chi connectivity index (χ1) is 9.97. The van der Waals surface area contributed by atoms with Gasteiger partial charge in [-0.1, -0.05) is 23.2 Å². The Balaban J connectivity index is 1.94. The maximum Gasteiger partial charge on any atom is 0.304 e. The molecule has 0 bridgehead atoms. The average Bonchev–Trinajstić information content (AvgIpc) is 2.47. The Morgan fingerprint density at radius 2 is 1.86 bits per heavy atom. The van der Waals surface area contributed by atoms with Crippen LogP contribution in [0.3, 0.4) is 0 Å². The summed E-state index contributed by atoms with van der Waals surface area (Å²) in [6.45, 7) is 2.76. The molecule has 2 rings (SSSR count). The van der Waals surface area contributed by atoms with Gasteiger partial charge in [-0.2, -0.15) is 0 Å². The number of hydrogen-bond acceptors (Lipinski definition) is 5. The van der Waals surface area contributed by atoms with E-state index < -0.39 is 5.97 Å². The van der Waals surface area contributed by atoms with Crippen LogP contribution in [0.1, 0.15) is 16.8 Å². The van der Waals surface area contributed by atoms with Crippen molar-refractivity contribution in [1.82, 2.24) is 20.0 Å². The van der Waals surface area contributed by atoms with Crippen LogP contribution in [0.5, 0.6) is 0 Å². The highest BCUT2D eigenvalue weighted by molar-refractivity contribution is 6.34. The molecule has 1 N–H and O–H groups in total. The van der Waals surface area contributed by atoms with E-state index in [1.54, 1.807) is 4.90 Å². The molecule has 1 saturated heterocycles. The van der Waals surface area contributed by atoms with E-state index in [0.717, 1.165) is 0 Å². The standard InChI is InChI=1S/C12H14Cl2N4O3/c13-9-7-8(11(14)16-15-9)12(21)18-5-3-17(4-6-18)2-1-10(19)20/h7H,1-6H2,(H,19,20). The highest BCUT2D eigenvalue weighted by atomic mass is 35.5. The third kappa shape index (κ3) is 4.26. The van der Waals surface area contributed by atoms with Gasteiger partial charge in [-0.15, -0.1) is 10.2 Å². The van der Waals surface area contributed by atoms with E-state index in [0.29, 0.717) is 32.7 Å². The van der Waals surface area contributed by atoms with Crippen molar-refractivity contribution in [2.45, 2.75) is 6.42 Å². The highest BCUT2D eigenvalue weighted by Crippen LogP contribution is 2.18. The molecule has 7 nitrogen and oxygen atoms in total. The van der Waals surface area contributed by atoms with Crippen LogP contribution in [0.4, 0.5) is 0 Å². The summed E-state index contributed by atoms with van der Waals surface area (Å²) in [5, 5.41) is 16.0. The number of carboxylic acid groups (broad SMARTS) is 1. The quantitative estimate of drug-likeness (QED) is 0.885. The molecule has 1 aliphatic rings. The number of carboxylic acids is 1. The van der Waals surface area contributed by atoms with Gasteiger partial charge in [0.15, 0.2) is 10.3 Å². The van der Waals surface area contributed by atoms with Crippen molar-refractivity contribution in [3.8, 4) is 0 Å². The molecule has 21 heavy (non-hydrogen) atoms. The van der Waals surface area contributed by atoms with Gasteiger partial charge in [-0.05, 0) is 6.07 Å². The van der Waals surface area contributed by atoms with Crippen molar-refractivity contribution in [2.24, 2.45) is 0 Å². The SMILES string of the molecule is O=C(O)CCN1CCN(C(=O)c2cc(Cl)nnc2Cl)CC1. The van der Waals surface area contributed by atoms with Gasteiger partial charge < -0.3 is 10.0 Å². The van der Waals surface area contributed by atoms with Crippen LogP contribution in [-0.2, 0) is 4.79 Å². The van der Waals surface area contributed by atoms with E-state index in [1.165, 1.54) is 6.07 Å². The van der Waals surface area contributed by atoms with Crippen molar-refractivity contribution in [3.05, 3.63) is 21.9 Å². The topological polar surface area (TPSA) is 86.6 Å². The molecule has 1 fully saturated rings. The van der Waals surface area contributed by atoms with E-state index in [1.807, 2.05) is 4.90 Å². The number of aliphatic carboxylic acids is 1. The summed E-state index contributed by atoms with van der Waals surface area (Å²) >= 11 is 11.6. The Kier molecular flexibility index (Phi) is 5.33. The number of carbonyl (C=O) groups is 2. The van der Waals surface area contributed by atoms with Crippen LogP contribution < -0.4 is 0 Å². The first-order valence-corrected chi connectivity index (χ1v) is 7.15. The Hall–Kier alpha value is -1.44. The molecule has 2 heterocycles. The Bertz CT molecular complexity index is 547. The number of rotatable bonds is 4. The third-order valence-corrected chi connectivity index (χ3v) is 3.71. The molecule has 0 aromatic carbocycles. The molecule has 0 radical (unpaired) electrons. The molecule has 0 spiro atoms. The molecule has 0 unspecified atom stereocenters. The molecule has 0 aliphatic carbocycles. The summed E-state index contributed by atoms with van der Waals surface area (Å²) in [5.74, 6) is -1.06. The van der Waals surface area contributed by atoms with Crippen LogP contribution in [0.25, 0.3) is 0 Å². The van der Waals surface area contributed by atoms with Crippen LogP contribution in [0.15, 0.2) is 6.07 Å². The monoisotopic (exact) mass is 332 g/mol. The molecule has 1 aromatic heterocycles. The minimum Gasteiger partial charge on any atom is -0.481 e. The van der Waals surface area contributed by atoms with Gasteiger partial charge in [0.05, 0.1) is 12.0 Å². The first-order valence-electron chi connectivity index (χ1n) is 6.39. The number of amides is 1. The van der Waals surface area contributed by atoms with Crippen LogP contribution in [0.2, 0.25) is 10.3 Å². The zero-order valence-corrected chi connectivity index (χ0v) is 12.6. The van der Waals surface area contributed by atoms with Crippen molar-refractivity contribution >= 4 is 35.1 Å². The van der Waals surface area contributed by atoms with E-state index >= 15 is 0 Å². The van der Waals surface area contributed by atoms with E-state index in [4.69, 9.17) is 28.3 Å². The van der Waals surface area contributed by atoms with Crippen LogP contribution in [-0.4, -0.2) is 69.7 Å². The third-order valence-electron chi connectivity index (χ3n) is 3.25. The summed E-state index contributed by atoms with van der Waals surface area (Å²) in [7, 11) is 0. The number of aromatic nitrogens is 2. The maximum absolute atomic E-state index is 12.3. The van der Waals surface area contributed by atoms with E-state index in [9.17, 15) is 9.59 Å². The number of piperazine rings is 1. The molecular weight excluding hydrogens is 319 g/mol. The highest BCUT2D eigenvalue weighted by Gasteiger charge is 2.24.